The van der Waals surface area contributed by atoms with Crippen LogP contribution < -0.4 is 11.0 Å². The van der Waals surface area contributed by atoms with E-state index in [4.69, 9.17) is 0 Å². The Morgan fingerprint density at radius 1 is 1.26 bits per heavy atom. The molecule has 0 radical (unpaired) electrons. The van der Waals surface area contributed by atoms with Crippen molar-refractivity contribution in [3.05, 3.63) is 76.5 Å². The van der Waals surface area contributed by atoms with Crippen molar-refractivity contribution in [2.45, 2.75) is 30.3 Å². The van der Waals surface area contributed by atoms with Crippen LogP contribution in [0.1, 0.15) is 12.5 Å². The maximum Gasteiger partial charge on any atom is 0.343 e. The van der Waals surface area contributed by atoms with E-state index in [9.17, 15) is 14.0 Å². The lowest BCUT2D eigenvalue weighted by Crippen LogP contribution is -2.24. The lowest BCUT2D eigenvalue weighted by atomic mass is 10.1. The molecule has 0 aliphatic rings. The first-order chi connectivity index (χ1) is 13.0. The fraction of sp³-hybridized carbons (Fsp3) is 0.211. The van der Waals surface area contributed by atoms with E-state index >= 15 is 0 Å². The Balaban J connectivity index is 1.64. The molecule has 0 bridgehead atoms. The van der Waals surface area contributed by atoms with E-state index in [-0.39, 0.29) is 11.6 Å². The predicted molar refractivity (Wildman–Crippen MR) is 103 cm³/mol. The van der Waals surface area contributed by atoms with Gasteiger partial charge in [-0.1, -0.05) is 48.2 Å². The molecule has 0 aliphatic carbocycles. The van der Waals surface area contributed by atoms with Gasteiger partial charge >= 0.3 is 5.69 Å². The Labute approximate surface area is 159 Å². The zero-order valence-electron chi connectivity index (χ0n) is 14.7. The monoisotopic (exact) mass is 386 g/mol. The van der Waals surface area contributed by atoms with Gasteiger partial charge in [0.05, 0.1) is 5.25 Å². The number of nitrogens with one attached hydrogen (secondary N) is 2. The number of H-pyrrole nitrogens is 1. The van der Waals surface area contributed by atoms with Crippen LogP contribution in [0.4, 0.5) is 10.1 Å². The highest BCUT2D eigenvalue weighted by atomic mass is 32.2. The van der Waals surface area contributed by atoms with Crippen LogP contribution in [-0.2, 0) is 17.8 Å². The van der Waals surface area contributed by atoms with Crippen molar-refractivity contribution in [1.29, 1.82) is 0 Å². The maximum absolute atomic E-state index is 13.2. The molecular weight excluding hydrogens is 367 g/mol. The van der Waals surface area contributed by atoms with Gasteiger partial charge in [0.15, 0.2) is 5.16 Å². The fourth-order valence-corrected chi connectivity index (χ4v) is 3.38. The Kier molecular flexibility index (Phi) is 6.08. The number of anilines is 1. The highest BCUT2D eigenvalue weighted by molar-refractivity contribution is 8.00. The number of carbonyl (C=O) groups is 1. The van der Waals surface area contributed by atoms with Crippen molar-refractivity contribution < 1.29 is 9.18 Å². The van der Waals surface area contributed by atoms with Crippen LogP contribution in [0.2, 0.25) is 0 Å². The van der Waals surface area contributed by atoms with Crippen LogP contribution in [-0.4, -0.2) is 25.9 Å². The van der Waals surface area contributed by atoms with Crippen LogP contribution in [0.25, 0.3) is 0 Å². The number of benzene rings is 2. The van der Waals surface area contributed by atoms with Crippen LogP contribution in [0.15, 0.2) is 64.5 Å². The van der Waals surface area contributed by atoms with Gasteiger partial charge in [0.2, 0.25) is 5.91 Å². The van der Waals surface area contributed by atoms with Gasteiger partial charge in [0.1, 0.15) is 5.82 Å². The second kappa shape index (κ2) is 8.68. The quantitative estimate of drug-likeness (QED) is 0.612. The molecular formula is C19H19FN4O2S. The summed E-state index contributed by atoms with van der Waals surface area (Å²) in [5.74, 6) is -0.717. The number of amides is 1. The Bertz CT molecular complexity index is 971. The van der Waals surface area contributed by atoms with Gasteiger partial charge in [-0.3, -0.25) is 9.36 Å². The average molecular weight is 386 g/mol. The first kappa shape index (κ1) is 18.9. The number of aromatic nitrogens is 3. The molecule has 1 amide bonds. The highest BCUT2D eigenvalue weighted by Crippen LogP contribution is 2.22. The highest BCUT2D eigenvalue weighted by Gasteiger charge is 2.19. The summed E-state index contributed by atoms with van der Waals surface area (Å²) in [4.78, 5) is 24.4. The van der Waals surface area contributed by atoms with Crippen molar-refractivity contribution in [3.8, 4) is 0 Å². The number of hydrogen-bond acceptors (Lipinski definition) is 4. The van der Waals surface area contributed by atoms with Crippen LogP contribution in [0.5, 0.6) is 0 Å². The number of nitrogens with zero attached hydrogens (tertiary/aromatic N) is 2. The first-order valence-electron chi connectivity index (χ1n) is 8.45. The summed E-state index contributed by atoms with van der Waals surface area (Å²) in [6.07, 6.45) is 0.678. The van der Waals surface area contributed by atoms with Crippen molar-refractivity contribution in [1.82, 2.24) is 14.8 Å². The molecule has 1 atom stereocenters. The van der Waals surface area contributed by atoms with E-state index < -0.39 is 11.1 Å². The van der Waals surface area contributed by atoms with Crippen LogP contribution in [0, 0.1) is 5.82 Å². The molecule has 3 rings (SSSR count). The summed E-state index contributed by atoms with van der Waals surface area (Å²) in [5.41, 5.74) is 1.18. The van der Waals surface area contributed by atoms with Crippen LogP contribution >= 0.6 is 11.8 Å². The van der Waals surface area contributed by atoms with E-state index in [0.29, 0.717) is 23.8 Å². The van der Waals surface area contributed by atoms with Gasteiger partial charge in [-0.25, -0.2) is 14.3 Å². The van der Waals surface area contributed by atoms with Gasteiger partial charge in [-0.2, -0.15) is 0 Å². The Morgan fingerprint density at radius 2 is 2.04 bits per heavy atom. The summed E-state index contributed by atoms with van der Waals surface area (Å²) >= 11 is 1.17. The van der Waals surface area contributed by atoms with Gasteiger partial charge in [-0.15, -0.1) is 5.10 Å². The number of carbonyl (C=O) groups excluding carboxylic acids is 1. The van der Waals surface area contributed by atoms with E-state index in [2.05, 4.69) is 15.5 Å². The normalized spacial score (nSPS) is 11.9. The molecule has 6 nitrogen and oxygen atoms in total. The fourth-order valence-electron chi connectivity index (χ4n) is 2.50. The Hall–Kier alpha value is -2.87. The minimum absolute atomic E-state index is 0.296. The molecule has 0 saturated carbocycles. The third-order valence-corrected chi connectivity index (χ3v) is 5.02. The van der Waals surface area contributed by atoms with Gasteiger partial charge in [0.25, 0.3) is 0 Å². The van der Waals surface area contributed by atoms with Crippen molar-refractivity contribution in [3.63, 3.8) is 0 Å². The topological polar surface area (TPSA) is 79.8 Å². The summed E-state index contributed by atoms with van der Waals surface area (Å²) in [6.45, 7) is 2.17. The standard InChI is InChI=1S/C19H19FN4O2S/c1-13(17(25)21-16-9-5-8-15(20)12-16)27-19-23-22-18(26)24(19)11-10-14-6-3-2-4-7-14/h2-9,12-13H,10-11H2,1H3,(H,21,25)(H,22,26). The van der Waals surface area contributed by atoms with E-state index in [1.54, 1.807) is 13.0 Å². The Morgan fingerprint density at radius 3 is 2.78 bits per heavy atom. The van der Waals surface area contributed by atoms with Crippen molar-refractivity contribution >= 4 is 23.4 Å². The zero-order chi connectivity index (χ0) is 19.2. The number of aromatic amines is 1. The number of aryl methyl sites for hydroxylation is 1. The van der Waals surface area contributed by atoms with E-state index in [1.165, 1.54) is 34.5 Å². The smallest absolute Gasteiger partial charge is 0.325 e. The molecule has 0 saturated heterocycles. The van der Waals surface area contributed by atoms with Crippen molar-refractivity contribution in [2.24, 2.45) is 0 Å². The number of thioether (sulfide) groups is 1. The minimum Gasteiger partial charge on any atom is -0.325 e. The third kappa shape index (κ3) is 5.07. The molecule has 0 fully saturated rings. The van der Waals surface area contributed by atoms with E-state index in [1.807, 2.05) is 30.3 Å². The van der Waals surface area contributed by atoms with Crippen molar-refractivity contribution in [2.75, 3.05) is 5.32 Å². The summed E-state index contributed by atoms with van der Waals surface area (Å²) in [7, 11) is 0. The molecule has 2 aromatic carbocycles. The maximum atomic E-state index is 13.2. The lowest BCUT2D eigenvalue weighted by molar-refractivity contribution is -0.115. The predicted octanol–water partition coefficient (Wildman–Crippen LogP) is 3.07. The number of hydrogen-bond donors (Lipinski definition) is 2. The molecule has 0 aliphatic heterocycles. The third-order valence-electron chi connectivity index (χ3n) is 3.93. The lowest BCUT2D eigenvalue weighted by Gasteiger charge is -2.12. The molecule has 27 heavy (non-hydrogen) atoms. The molecule has 1 unspecified atom stereocenters. The summed E-state index contributed by atoms with van der Waals surface area (Å²) < 4.78 is 14.8. The largest absolute Gasteiger partial charge is 0.343 e. The number of rotatable bonds is 7. The molecule has 8 heteroatoms. The minimum atomic E-state index is -0.515. The molecule has 0 spiro atoms. The van der Waals surface area contributed by atoms with Gasteiger partial charge in [-0.05, 0) is 37.1 Å². The molecule has 2 N–H and O–H groups in total. The molecule has 1 heterocycles. The molecule has 1 aromatic heterocycles. The summed E-state index contributed by atoms with van der Waals surface area (Å²) in [5, 5.41) is 9.04. The van der Waals surface area contributed by atoms with Gasteiger partial charge in [0, 0.05) is 12.2 Å². The second-order valence-electron chi connectivity index (χ2n) is 5.96. The second-order valence-corrected chi connectivity index (χ2v) is 7.27. The SMILES string of the molecule is CC(Sc1n[nH]c(=O)n1CCc1ccccc1)C(=O)Nc1cccc(F)c1. The van der Waals surface area contributed by atoms with E-state index in [0.717, 1.165) is 5.56 Å². The molecule has 3 aromatic rings. The number of halogens is 1. The molecule has 140 valence electrons. The first-order valence-corrected chi connectivity index (χ1v) is 9.33. The van der Waals surface area contributed by atoms with Crippen LogP contribution in [0.3, 0.4) is 0 Å². The summed E-state index contributed by atoms with van der Waals surface area (Å²) in [6, 6.07) is 15.5. The van der Waals surface area contributed by atoms with Gasteiger partial charge < -0.3 is 5.32 Å². The average Bonchev–Trinajstić information content (AvgIpc) is 3.00. The zero-order valence-corrected chi connectivity index (χ0v) is 15.5.